The number of aromatic nitrogens is 2. The Morgan fingerprint density at radius 2 is 2.11 bits per heavy atom. The highest BCUT2D eigenvalue weighted by atomic mass is 32.1. The molecule has 2 aliphatic heterocycles. The molecular weight excluding hydrogens is 368 g/mol. The Morgan fingerprint density at radius 3 is 2.96 bits per heavy atom. The Bertz CT molecular complexity index is 1030. The number of nitrogens with one attached hydrogen (secondary N) is 1. The standard InChI is InChI=1S/C18H14N4O4S/c23-16-18(7-8-25-12-5-2-1-4-11(12)18)20-17(24)22(16)10-14-19-15(21-26-14)13-6-3-9-27-13/h1-6,9H,7-8,10H2,(H,20,24)/t18-/m1/s1. The number of carbonyl (C=O) groups is 2. The van der Waals surface area contributed by atoms with E-state index in [1.54, 1.807) is 12.1 Å². The molecule has 0 unspecified atom stereocenters. The highest BCUT2D eigenvalue weighted by Crippen LogP contribution is 2.41. The molecule has 0 radical (unpaired) electrons. The van der Waals surface area contributed by atoms with Crippen molar-refractivity contribution in [1.82, 2.24) is 20.4 Å². The third-order valence-corrected chi connectivity index (χ3v) is 5.63. The predicted molar refractivity (Wildman–Crippen MR) is 94.9 cm³/mol. The van der Waals surface area contributed by atoms with Crippen LogP contribution in [0.4, 0.5) is 4.79 Å². The number of urea groups is 1. The number of para-hydroxylation sites is 1. The number of amides is 3. The Morgan fingerprint density at radius 1 is 1.22 bits per heavy atom. The maximum absolute atomic E-state index is 13.2. The molecule has 0 bridgehead atoms. The lowest BCUT2D eigenvalue weighted by Gasteiger charge is -2.33. The van der Waals surface area contributed by atoms with Gasteiger partial charge < -0.3 is 14.6 Å². The molecule has 1 saturated heterocycles. The van der Waals surface area contributed by atoms with Crippen molar-refractivity contribution in [2.75, 3.05) is 6.61 Å². The maximum Gasteiger partial charge on any atom is 0.325 e. The lowest BCUT2D eigenvalue weighted by Crippen LogP contribution is -2.47. The number of ether oxygens (including phenoxy) is 1. The van der Waals surface area contributed by atoms with E-state index in [4.69, 9.17) is 9.26 Å². The van der Waals surface area contributed by atoms with Crippen LogP contribution in [0, 0.1) is 0 Å². The van der Waals surface area contributed by atoms with Crippen molar-refractivity contribution in [3.8, 4) is 16.5 Å². The Balaban J connectivity index is 1.44. The number of hydrogen-bond donors (Lipinski definition) is 1. The fourth-order valence-corrected chi connectivity index (χ4v) is 4.12. The summed E-state index contributed by atoms with van der Waals surface area (Å²) in [4.78, 5) is 32.0. The molecule has 1 aromatic carbocycles. The molecule has 1 spiro atoms. The third kappa shape index (κ3) is 2.42. The van der Waals surface area contributed by atoms with Crippen LogP contribution in [-0.4, -0.2) is 33.6 Å². The molecule has 3 aromatic rings. The summed E-state index contributed by atoms with van der Waals surface area (Å²) in [5, 5.41) is 8.69. The van der Waals surface area contributed by atoms with Gasteiger partial charge >= 0.3 is 6.03 Å². The van der Waals surface area contributed by atoms with E-state index in [1.165, 1.54) is 11.3 Å². The molecule has 9 heteroatoms. The SMILES string of the molecule is O=C1N[C@@]2(CCOc3ccccc32)C(=O)N1Cc1nc(-c2cccs2)no1. The average Bonchev–Trinajstić information content (AvgIpc) is 3.40. The normalized spacial score (nSPS) is 21.3. The molecular formula is C18H14N4O4S. The molecule has 5 rings (SSSR count). The fraction of sp³-hybridized carbons (Fsp3) is 0.222. The van der Waals surface area contributed by atoms with Gasteiger partial charge in [0.25, 0.3) is 5.91 Å². The number of benzene rings is 1. The molecule has 8 nitrogen and oxygen atoms in total. The van der Waals surface area contributed by atoms with Crippen molar-refractivity contribution in [1.29, 1.82) is 0 Å². The van der Waals surface area contributed by atoms with E-state index in [-0.39, 0.29) is 18.3 Å². The van der Waals surface area contributed by atoms with Crippen LogP contribution >= 0.6 is 11.3 Å². The number of carbonyl (C=O) groups excluding carboxylic acids is 2. The topological polar surface area (TPSA) is 97.6 Å². The molecule has 4 heterocycles. The van der Waals surface area contributed by atoms with Crippen LogP contribution in [0.5, 0.6) is 5.75 Å². The van der Waals surface area contributed by atoms with Crippen LogP contribution in [0.25, 0.3) is 10.7 Å². The maximum atomic E-state index is 13.2. The first-order valence-corrected chi connectivity index (χ1v) is 9.28. The first kappa shape index (κ1) is 16.0. The van der Waals surface area contributed by atoms with E-state index < -0.39 is 11.6 Å². The number of hydrogen-bond acceptors (Lipinski definition) is 7. The van der Waals surface area contributed by atoms with Gasteiger partial charge in [-0.15, -0.1) is 11.3 Å². The molecule has 2 aliphatic rings. The van der Waals surface area contributed by atoms with E-state index in [0.717, 1.165) is 9.78 Å². The minimum atomic E-state index is -1.11. The predicted octanol–water partition coefficient (Wildman–Crippen LogP) is 2.53. The highest BCUT2D eigenvalue weighted by Gasteiger charge is 2.55. The van der Waals surface area contributed by atoms with Gasteiger partial charge in [0.15, 0.2) is 5.54 Å². The lowest BCUT2D eigenvalue weighted by molar-refractivity contribution is -0.133. The van der Waals surface area contributed by atoms with Crippen LogP contribution < -0.4 is 10.1 Å². The molecule has 0 aliphatic carbocycles. The van der Waals surface area contributed by atoms with Crippen LogP contribution in [-0.2, 0) is 16.9 Å². The van der Waals surface area contributed by atoms with Gasteiger partial charge in [-0.1, -0.05) is 29.4 Å². The van der Waals surface area contributed by atoms with Crippen LogP contribution in [0.1, 0.15) is 17.9 Å². The van der Waals surface area contributed by atoms with Crippen LogP contribution in [0.3, 0.4) is 0 Å². The second-order valence-corrected chi connectivity index (χ2v) is 7.26. The summed E-state index contributed by atoms with van der Waals surface area (Å²) >= 11 is 1.48. The third-order valence-electron chi connectivity index (χ3n) is 4.76. The zero-order valence-corrected chi connectivity index (χ0v) is 14.9. The van der Waals surface area contributed by atoms with Crippen molar-refractivity contribution < 1.29 is 18.8 Å². The molecule has 1 N–H and O–H groups in total. The summed E-state index contributed by atoms with van der Waals surface area (Å²) in [5.74, 6) is 0.925. The largest absolute Gasteiger partial charge is 0.493 e. The molecule has 3 amide bonds. The summed E-state index contributed by atoms with van der Waals surface area (Å²) in [6.07, 6.45) is 0.370. The molecule has 2 aromatic heterocycles. The number of imide groups is 1. The number of thiophene rings is 1. The lowest BCUT2D eigenvalue weighted by atomic mass is 9.84. The summed E-state index contributed by atoms with van der Waals surface area (Å²) in [5.41, 5.74) is -0.440. The molecule has 1 atom stereocenters. The van der Waals surface area contributed by atoms with Gasteiger partial charge in [-0.05, 0) is 17.5 Å². The van der Waals surface area contributed by atoms with Crippen LogP contribution in [0.15, 0.2) is 46.3 Å². The molecule has 136 valence electrons. The molecule has 1 fully saturated rings. The van der Waals surface area contributed by atoms with Crippen molar-refractivity contribution in [2.24, 2.45) is 0 Å². The van der Waals surface area contributed by atoms with E-state index in [2.05, 4.69) is 15.5 Å². The van der Waals surface area contributed by atoms with Gasteiger partial charge in [0.05, 0.1) is 11.5 Å². The Labute approximate surface area is 157 Å². The van der Waals surface area contributed by atoms with Gasteiger partial charge in [0.1, 0.15) is 12.3 Å². The average molecular weight is 382 g/mol. The van der Waals surface area contributed by atoms with E-state index in [1.807, 2.05) is 29.6 Å². The van der Waals surface area contributed by atoms with Gasteiger partial charge in [-0.3, -0.25) is 9.69 Å². The monoisotopic (exact) mass is 382 g/mol. The van der Waals surface area contributed by atoms with Crippen molar-refractivity contribution in [3.05, 3.63) is 53.2 Å². The van der Waals surface area contributed by atoms with Gasteiger partial charge in [-0.2, -0.15) is 4.98 Å². The molecule has 0 saturated carbocycles. The smallest absolute Gasteiger partial charge is 0.325 e. The van der Waals surface area contributed by atoms with Gasteiger partial charge in [0, 0.05) is 12.0 Å². The van der Waals surface area contributed by atoms with Crippen molar-refractivity contribution in [2.45, 2.75) is 18.5 Å². The number of rotatable bonds is 3. The van der Waals surface area contributed by atoms with Crippen LogP contribution in [0.2, 0.25) is 0 Å². The minimum absolute atomic E-state index is 0.0756. The first-order chi connectivity index (χ1) is 13.2. The summed E-state index contributed by atoms with van der Waals surface area (Å²) in [6, 6.07) is 10.5. The fourth-order valence-electron chi connectivity index (χ4n) is 3.48. The van der Waals surface area contributed by atoms with E-state index in [9.17, 15) is 9.59 Å². The zero-order chi connectivity index (χ0) is 18.4. The van der Waals surface area contributed by atoms with E-state index in [0.29, 0.717) is 30.2 Å². The van der Waals surface area contributed by atoms with Crippen molar-refractivity contribution >= 4 is 23.3 Å². The van der Waals surface area contributed by atoms with Gasteiger partial charge in [-0.25, -0.2) is 4.79 Å². The zero-order valence-electron chi connectivity index (χ0n) is 14.0. The van der Waals surface area contributed by atoms with Gasteiger partial charge in [0.2, 0.25) is 11.7 Å². The Kier molecular flexibility index (Phi) is 3.51. The second kappa shape index (κ2) is 5.92. The quantitative estimate of drug-likeness (QED) is 0.699. The first-order valence-electron chi connectivity index (χ1n) is 8.40. The minimum Gasteiger partial charge on any atom is -0.493 e. The number of fused-ring (bicyclic) bond motifs is 2. The summed E-state index contributed by atoms with van der Waals surface area (Å²) < 4.78 is 10.9. The highest BCUT2D eigenvalue weighted by molar-refractivity contribution is 7.13. The Hall–Kier alpha value is -3.20. The summed E-state index contributed by atoms with van der Waals surface area (Å²) in [6.45, 7) is 0.272. The summed E-state index contributed by atoms with van der Waals surface area (Å²) in [7, 11) is 0. The van der Waals surface area contributed by atoms with Crippen molar-refractivity contribution in [3.63, 3.8) is 0 Å². The van der Waals surface area contributed by atoms with E-state index >= 15 is 0 Å². The second-order valence-electron chi connectivity index (χ2n) is 6.31. The number of nitrogens with zero attached hydrogens (tertiary/aromatic N) is 3. The molecule has 27 heavy (non-hydrogen) atoms.